The van der Waals surface area contributed by atoms with E-state index in [0.29, 0.717) is 18.5 Å². The molecule has 1 amide bonds. The van der Waals surface area contributed by atoms with Crippen LogP contribution < -0.4 is 4.72 Å². The number of alkyl halides is 3. The quantitative estimate of drug-likeness (QED) is 0.786. The summed E-state index contributed by atoms with van der Waals surface area (Å²) >= 11 is 0. The van der Waals surface area contributed by atoms with E-state index in [9.17, 15) is 26.4 Å². The van der Waals surface area contributed by atoms with Gasteiger partial charge >= 0.3 is 6.18 Å². The predicted molar refractivity (Wildman–Crippen MR) is 92.7 cm³/mol. The van der Waals surface area contributed by atoms with Crippen LogP contribution in [0.1, 0.15) is 30.4 Å². The van der Waals surface area contributed by atoms with E-state index in [1.165, 1.54) is 24.3 Å². The molecule has 1 aromatic rings. The van der Waals surface area contributed by atoms with E-state index in [-0.39, 0.29) is 18.5 Å². The lowest BCUT2D eigenvalue weighted by atomic mass is 10.0. The number of nitrogens with zero attached hydrogens (tertiary/aromatic N) is 1. The molecule has 1 heterocycles. The first-order valence-corrected chi connectivity index (χ1v) is 10.1. The molecule has 5 nitrogen and oxygen atoms in total. The van der Waals surface area contributed by atoms with Gasteiger partial charge in [-0.25, -0.2) is 13.1 Å². The molecule has 0 aliphatic carbocycles. The van der Waals surface area contributed by atoms with Crippen LogP contribution >= 0.6 is 0 Å². The Labute approximate surface area is 150 Å². The molecule has 26 heavy (non-hydrogen) atoms. The molecule has 1 atom stereocenters. The second kappa shape index (κ2) is 8.22. The zero-order valence-corrected chi connectivity index (χ0v) is 15.1. The Kier molecular flexibility index (Phi) is 6.46. The first-order valence-electron chi connectivity index (χ1n) is 8.17. The molecule has 0 spiro atoms. The SMILES string of the molecule is CS(=O)(=O)NCC1CCCCN1C(=O)/C=C/c1ccc(C(F)(F)F)cc1. The Hall–Kier alpha value is -1.87. The normalized spacial score (nSPS) is 19.1. The van der Waals surface area contributed by atoms with Gasteiger partial charge in [-0.2, -0.15) is 13.2 Å². The Morgan fingerprint density at radius 1 is 1.27 bits per heavy atom. The number of benzene rings is 1. The fourth-order valence-corrected chi connectivity index (χ4v) is 3.29. The highest BCUT2D eigenvalue weighted by Crippen LogP contribution is 2.29. The Morgan fingerprint density at radius 2 is 1.92 bits per heavy atom. The minimum absolute atomic E-state index is 0.151. The molecule has 1 aromatic carbocycles. The average Bonchev–Trinajstić information content (AvgIpc) is 2.57. The second-order valence-electron chi connectivity index (χ2n) is 6.25. The molecular weight excluding hydrogens is 369 g/mol. The summed E-state index contributed by atoms with van der Waals surface area (Å²) < 4.78 is 62.6. The number of amides is 1. The van der Waals surface area contributed by atoms with Crippen LogP contribution in [-0.4, -0.2) is 44.6 Å². The summed E-state index contributed by atoms with van der Waals surface area (Å²) in [4.78, 5) is 14.0. The third kappa shape index (κ3) is 6.14. The Bertz CT molecular complexity index is 758. The number of likely N-dealkylation sites (tertiary alicyclic amines) is 1. The fraction of sp³-hybridized carbons (Fsp3) is 0.471. The van der Waals surface area contributed by atoms with Crippen LogP contribution in [0.25, 0.3) is 6.08 Å². The zero-order valence-electron chi connectivity index (χ0n) is 14.3. The highest BCUT2D eigenvalue weighted by molar-refractivity contribution is 7.88. The van der Waals surface area contributed by atoms with E-state index >= 15 is 0 Å². The molecule has 0 aromatic heterocycles. The lowest BCUT2D eigenvalue weighted by Gasteiger charge is -2.35. The first kappa shape index (κ1) is 20.4. The molecule has 1 unspecified atom stereocenters. The van der Waals surface area contributed by atoms with Gasteiger partial charge in [-0.3, -0.25) is 4.79 Å². The standard InChI is InChI=1S/C17H21F3N2O3S/c1-26(24,25)21-12-15-4-2-3-11-22(15)16(23)10-7-13-5-8-14(9-6-13)17(18,19)20/h5-10,15,21H,2-4,11-12H2,1H3/b10-7+. The number of carbonyl (C=O) groups is 1. The number of carbonyl (C=O) groups excluding carboxylic acids is 1. The van der Waals surface area contributed by atoms with Crippen LogP contribution in [0.5, 0.6) is 0 Å². The van der Waals surface area contributed by atoms with Crippen LogP contribution in [0.15, 0.2) is 30.3 Å². The molecular formula is C17H21F3N2O3S. The van der Waals surface area contributed by atoms with Crippen LogP contribution in [0, 0.1) is 0 Å². The summed E-state index contributed by atoms with van der Waals surface area (Å²) in [7, 11) is -3.34. The van der Waals surface area contributed by atoms with Crippen molar-refractivity contribution in [3.8, 4) is 0 Å². The van der Waals surface area contributed by atoms with Crippen molar-refractivity contribution in [2.45, 2.75) is 31.5 Å². The molecule has 9 heteroatoms. The van der Waals surface area contributed by atoms with Gasteiger partial charge in [-0.15, -0.1) is 0 Å². The van der Waals surface area contributed by atoms with Crippen LogP contribution in [0.2, 0.25) is 0 Å². The van der Waals surface area contributed by atoms with Gasteiger partial charge in [-0.05, 0) is 43.0 Å². The van der Waals surface area contributed by atoms with Gasteiger partial charge < -0.3 is 4.90 Å². The van der Waals surface area contributed by atoms with Crippen LogP contribution in [0.3, 0.4) is 0 Å². The van der Waals surface area contributed by atoms with Crippen molar-refractivity contribution in [3.05, 3.63) is 41.5 Å². The lowest BCUT2D eigenvalue weighted by molar-refractivity contribution is -0.137. The Morgan fingerprint density at radius 3 is 2.50 bits per heavy atom. The lowest BCUT2D eigenvalue weighted by Crippen LogP contribution is -2.48. The molecule has 0 radical (unpaired) electrons. The third-order valence-electron chi connectivity index (χ3n) is 4.15. The smallest absolute Gasteiger partial charge is 0.335 e. The van der Waals surface area contributed by atoms with Gasteiger partial charge in [0.05, 0.1) is 11.8 Å². The van der Waals surface area contributed by atoms with Crippen molar-refractivity contribution < 1.29 is 26.4 Å². The highest BCUT2D eigenvalue weighted by Gasteiger charge is 2.30. The molecule has 1 aliphatic heterocycles. The third-order valence-corrected chi connectivity index (χ3v) is 4.84. The van der Waals surface area contributed by atoms with E-state index < -0.39 is 21.8 Å². The van der Waals surface area contributed by atoms with Crippen molar-refractivity contribution in [1.29, 1.82) is 0 Å². The topological polar surface area (TPSA) is 66.5 Å². The molecule has 2 rings (SSSR count). The van der Waals surface area contributed by atoms with Gasteiger partial charge in [0.1, 0.15) is 0 Å². The average molecular weight is 390 g/mol. The molecule has 0 saturated carbocycles. The van der Waals surface area contributed by atoms with Gasteiger partial charge in [0, 0.05) is 25.2 Å². The molecule has 144 valence electrons. The molecule has 1 N–H and O–H groups in total. The minimum atomic E-state index is -4.40. The van der Waals surface area contributed by atoms with E-state index in [1.807, 2.05) is 0 Å². The van der Waals surface area contributed by atoms with E-state index in [0.717, 1.165) is 31.2 Å². The zero-order chi connectivity index (χ0) is 19.4. The van der Waals surface area contributed by atoms with Crippen molar-refractivity contribution in [2.24, 2.45) is 0 Å². The summed E-state index contributed by atoms with van der Waals surface area (Å²) in [5.74, 6) is -0.287. The number of rotatable bonds is 5. The largest absolute Gasteiger partial charge is 0.416 e. The van der Waals surface area contributed by atoms with Crippen molar-refractivity contribution in [2.75, 3.05) is 19.3 Å². The summed E-state index contributed by atoms with van der Waals surface area (Å²) in [6.45, 7) is 0.672. The number of sulfonamides is 1. The van der Waals surface area contributed by atoms with Crippen LogP contribution in [0.4, 0.5) is 13.2 Å². The molecule has 1 saturated heterocycles. The summed E-state index contributed by atoms with van der Waals surface area (Å²) in [6, 6.07) is 4.29. The summed E-state index contributed by atoms with van der Waals surface area (Å²) in [5.41, 5.74) is -0.266. The van der Waals surface area contributed by atoms with E-state index in [1.54, 1.807) is 4.90 Å². The summed E-state index contributed by atoms with van der Waals surface area (Å²) in [6.07, 6.45) is 1.86. The maximum absolute atomic E-state index is 12.5. The first-order chi connectivity index (χ1) is 12.1. The van der Waals surface area contributed by atoms with E-state index in [4.69, 9.17) is 0 Å². The van der Waals surface area contributed by atoms with Gasteiger partial charge in [-0.1, -0.05) is 12.1 Å². The number of piperidine rings is 1. The number of halogens is 3. The monoisotopic (exact) mass is 390 g/mol. The highest BCUT2D eigenvalue weighted by atomic mass is 32.2. The van der Waals surface area contributed by atoms with Crippen molar-refractivity contribution in [3.63, 3.8) is 0 Å². The van der Waals surface area contributed by atoms with Crippen LogP contribution in [-0.2, 0) is 21.0 Å². The molecule has 1 fully saturated rings. The van der Waals surface area contributed by atoms with Gasteiger partial charge in [0.15, 0.2) is 0 Å². The maximum Gasteiger partial charge on any atom is 0.416 e. The predicted octanol–water partition coefficient (Wildman–Crippen LogP) is 2.65. The van der Waals surface area contributed by atoms with Crippen molar-refractivity contribution >= 4 is 22.0 Å². The fourth-order valence-electron chi connectivity index (χ4n) is 2.80. The number of hydrogen-bond acceptors (Lipinski definition) is 3. The molecule has 1 aliphatic rings. The van der Waals surface area contributed by atoms with Gasteiger partial charge in [0.25, 0.3) is 0 Å². The van der Waals surface area contributed by atoms with Crippen molar-refractivity contribution in [1.82, 2.24) is 9.62 Å². The maximum atomic E-state index is 12.5. The Balaban J connectivity index is 2.03. The number of hydrogen-bond donors (Lipinski definition) is 1. The second-order valence-corrected chi connectivity index (χ2v) is 8.09. The van der Waals surface area contributed by atoms with Gasteiger partial charge in [0.2, 0.25) is 15.9 Å². The molecule has 0 bridgehead atoms. The number of nitrogens with one attached hydrogen (secondary N) is 1. The minimum Gasteiger partial charge on any atom is -0.335 e. The summed E-state index contributed by atoms with van der Waals surface area (Å²) in [5, 5.41) is 0. The van der Waals surface area contributed by atoms with E-state index in [2.05, 4.69) is 4.72 Å².